The fraction of sp³-hybridized carbons (Fsp3) is 1.00. The summed E-state index contributed by atoms with van der Waals surface area (Å²) in [6.07, 6.45) is 11.1. The van der Waals surface area contributed by atoms with E-state index in [1.165, 1.54) is 44.9 Å². The van der Waals surface area contributed by atoms with Gasteiger partial charge in [0.15, 0.2) is 0 Å². The van der Waals surface area contributed by atoms with Gasteiger partial charge in [-0.2, -0.15) is 0 Å². The van der Waals surface area contributed by atoms with Crippen LogP contribution in [0.4, 0.5) is 0 Å². The van der Waals surface area contributed by atoms with E-state index < -0.39 is 0 Å². The fourth-order valence-electron chi connectivity index (χ4n) is 3.01. The summed E-state index contributed by atoms with van der Waals surface area (Å²) in [6, 6.07) is 0. The van der Waals surface area contributed by atoms with E-state index in [0.717, 1.165) is 25.5 Å². The number of hydrogen-bond donors (Lipinski definition) is 1. The Bertz CT molecular complexity index is 213. The van der Waals surface area contributed by atoms with Gasteiger partial charge in [-0.15, -0.1) is 0 Å². The van der Waals surface area contributed by atoms with Gasteiger partial charge in [-0.3, -0.25) is 0 Å². The van der Waals surface area contributed by atoms with E-state index in [-0.39, 0.29) is 0 Å². The molecule has 2 saturated carbocycles. The van der Waals surface area contributed by atoms with Crippen LogP contribution in [-0.2, 0) is 4.74 Å². The lowest BCUT2D eigenvalue weighted by Crippen LogP contribution is -2.26. The van der Waals surface area contributed by atoms with E-state index >= 15 is 0 Å². The Morgan fingerprint density at radius 2 is 2.12 bits per heavy atom. The van der Waals surface area contributed by atoms with Gasteiger partial charge in [0, 0.05) is 0 Å². The average Bonchev–Trinajstić information content (AvgIpc) is 3.08. The van der Waals surface area contributed by atoms with Crippen molar-refractivity contribution in [3.05, 3.63) is 0 Å². The molecule has 2 unspecified atom stereocenters. The molecule has 2 fully saturated rings. The Hall–Kier alpha value is -0.0800. The summed E-state index contributed by atoms with van der Waals surface area (Å²) < 4.78 is 6.14. The molecule has 2 atom stereocenters. The van der Waals surface area contributed by atoms with Crippen molar-refractivity contribution in [1.29, 1.82) is 0 Å². The SMILES string of the molecule is CCC1CCCC(OCC2(CCN)CC2)C1. The van der Waals surface area contributed by atoms with Gasteiger partial charge in [-0.25, -0.2) is 0 Å². The van der Waals surface area contributed by atoms with Gasteiger partial charge in [0.1, 0.15) is 0 Å². The van der Waals surface area contributed by atoms with Gasteiger partial charge in [0.25, 0.3) is 0 Å². The van der Waals surface area contributed by atoms with Gasteiger partial charge in [-0.1, -0.05) is 26.2 Å². The van der Waals surface area contributed by atoms with Crippen molar-refractivity contribution in [3.63, 3.8) is 0 Å². The van der Waals surface area contributed by atoms with Gasteiger partial charge in [-0.05, 0) is 50.0 Å². The first-order chi connectivity index (χ1) is 7.78. The van der Waals surface area contributed by atoms with Crippen LogP contribution in [0.25, 0.3) is 0 Å². The van der Waals surface area contributed by atoms with E-state index in [0.29, 0.717) is 11.5 Å². The minimum absolute atomic E-state index is 0.494. The molecular weight excluding hydrogens is 198 g/mol. The fourth-order valence-corrected chi connectivity index (χ4v) is 3.01. The zero-order valence-electron chi connectivity index (χ0n) is 10.7. The molecule has 0 heterocycles. The van der Waals surface area contributed by atoms with Gasteiger partial charge >= 0.3 is 0 Å². The predicted molar refractivity (Wildman–Crippen MR) is 67.3 cm³/mol. The maximum Gasteiger partial charge on any atom is 0.0578 e. The first-order valence-electron chi connectivity index (χ1n) is 7.10. The van der Waals surface area contributed by atoms with E-state index in [1.807, 2.05) is 0 Å². The molecule has 2 rings (SSSR count). The van der Waals surface area contributed by atoms with Crippen LogP contribution in [0.5, 0.6) is 0 Å². The first-order valence-corrected chi connectivity index (χ1v) is 7.10. The number of ether oxygens (including phenoxy) is 1. The lowest BCUT2D eigenvalue weighted by Gasteiger charge is -2.30. The molecular formula is C14H27NO. The molecule has 94 valence electrons. The lowest BCUT2D eigenvalue weighted by molar-refractivity contribution is -0.0122. The van der Waals surface area contributed by atoms with Gasteiger partial charge in [0.05, 0.1) is 12.7 Å². The molecule has 0 amide bonds. The zero-order valence-corrected chi connectivity index (χ0v) is 10.7. The first kappa shape index (κ1) is 12.4. The summed E-state index contributed by atoms with van der Waals surface area (Å²) in [7, 11) is 0. The van der Waals surface area contributed by atoms with Crippen molar-refractivity contribution >= 4 is 0 Å². The quantitative estimate of drug-likeness (QED) is 0.754. The molecule has 0 aromatic rings. The van der Waals surface area contributed by atoms with Crippen LogP contribution in [0, 0.1) is 11.3 Å². The Labute approximate surface area is 99.9 Å². The van der Waals surface area contributed by atoms with Crippen molar-refractivity contribution in [2.75, 3.05) is 13.2 Å². The molecule has 2 nitrogen and oxygen atoms in total. The maximum atomic E-state index is 6.14. The van der Waals surface area contributed by atoms with Crippen molar-refractivity contribution in [2.24, 2.45) is 17.1 Å². The molecule has 0 bridgehead atoms. The standard InChI is InChI=1S/C14H27NO/c1-2-12-4-3-5-13(10-12)16-11-14(6-7-14)8-9-15/h12-13H,2-11,15H2,1H3. The van der Waals surface area contributed by atoms with Crippen LogP contribution in [0.15, 0.2) is 0 Å². The van der Waals surface area contributed by atoms with Crippen LogP contribution in [-0.4, -0.2) is 19.3 Å². The largest absolute Gasteiger partial charge is 0.378 e. The summed E-state index contributed by atoms with van der Waals surface area (Å²) >= 11 is 0. The summed E-state index contributed by atoms with van der Waals surface area (Å²) in [4.78, 5) is 0. The van der Waals surface area contributed by atoms with E-state index in [4.69, 9.17) is 10.5 Å². The molecule has 0 aromatic heterocycles. The van der Waals surface area contributed by atoms with Crippen molar-refractivity contribution in [1.82, 2.24) is 0 Å². The van der Waals surface area contributed by atoms with Crippen LogP contribution in [0.1, 0.15) is 58.3 Å². The van der Waals surface area contributed by atoms with Gasteiger partial charge < -0.3 is 10.5 Å². The van der Waals surface area contributed by atoms with Crippen LogP contribution < -0.4 is 5.73 Å². The Kier molecular flexibility index (Phi) is 4.26. The normalized spacial score (nSPS) is 32.6. The molecule has 0 aromatic carbocycles. The molecule has 0 aliphatic heterocycles. The highest BCUT2D eigenvalue weighted by Crippen LogP contribution is 2.49. The zero-order chi connectivity index (χ0) is 11.4. The van der Waals surface area contributed by atoms with Crippen molar-refractivity contribution in [2.45, 2.75) is 64.4 Å². The second-order valence-corrected chi connectivity index (χ2v) is 5.91. The van der Waals surface area contributed by atoms with E-state index in [9.17, 15) is 0 Å². The molecule has 0 radical (unpaired) electrons. The lowest BCUT2D eigenvalue weighted by atomic mass is 9.85. The molecule has 2 N–H and O–H groups in total. The van der Waals surface area contributed by atoms with E-state index in [1.54, 1.807) is 0 Å². The molecule has 2 aliphatic rings. The molecule has 2 heteroatoms. The second kappa shape index (κ2) is 5.50. The highest BCUT2D eigenvalue weighted by Gasteiger charge is 2.42. The molecule has 16 heavy (non-hydrogen) atoms. The Morgan fingerprint density at radius 3 is 2.75 bits per heavy atom. The highest BCUT2D eigenvalue weighted by atomic mass is 16.5. The van der Waals surface area contributed by atoms with Crippen LogP contribution >= 0.6 is 0 Å². The molecule has 0 spiro atoms. The Balaban J connectivity index is 1.69. The minimum atomic E-state index is 0.494. The predicted octanol–water partition coefficient (Wildman–Crippen LogP) is 3.10. The highest BCUT2D eigenvalue weighted by molar-refractivity contribution is 4.93. The molecule has 0 saturated heterocycles. The smallest absolute Gasteiger partial charge is 0.0578 e. The summed E-state index contributed by atoms with van der Waals surface area (Å²) in [5.41, 5.74) is 6.15. The van der Waals surface area contributed by atoms with Crippen molar-refractivity contribution in [3.8, 4) is 0 Å². The topological polar surface area (TPSA) is 35.2 Å². The van der Waals surface area contributed by atoms with Crippen LogP contribution in [0.2, 0.25) is 0 Å². The number of rotatable bonds is 6. The molecule has 2 aliphatic carbocycles. The number of nitrogens with two attached hydrogens (primary N) is 1. The minimum Gasteiger partial charge on any atom is -0.378 e. The summed E-state index contributed by atoms with van der Waals surface area (Å²) in [5, 5.41) is 0. The van der Waals surface area contributed by atoms with E-state index in [2.05, 4.69) is 6.92 Å². The summed E-state index contributed by atoms with van der Waals surface area (Å²) in [6.45, 7) is 4.11. The second-order valence-electron chi connectivity index (χ2n) is 5.91. The number of hydrogen-bond acceptors (Lipinski definition) is 2. The maximum absolute atomic E-state index is 6.14. The third kappa shape index (κ3) is 3.21. The monoisotopic (exact) mass is 225 g/mol. The summed E-state index contributed by atoms with van der Waals surface area (Å²) in [5.74, 6) is 0.920. The van der Waals surface area contributed by atoms with Crippen molar-refractivity contribution < 1.29 is 4.74 Å². The third-order valence-electron chi connectivity index (χ3n) is 4.57. The van der Waals surface area contributed by atoms with Crippen LogP contribution in [0.3, 0.4) is 0 Å². The third-order valence-corrected chi connectivity index (χ3v) is 4.57. The Morgan fingerprint density at radius 1 is 1.31 bits per heavy atom. The van der Waals surface area contributed by atoms with Gasteiger partial charge in [0.2, 0.25) is 0 Å². The average molecular weight is 225 g/mol.